The molecule has 1 aliphatic heterocycles. The van der Waals surface area contributed by atoms with Gasteiger partial charge in [0, 0.05) is 36.9 Å². The molecule has 0 aliphatic carbocycles. The highest BCUT2D eigenvalue weighted by Gasteiger charge is 2.25. The van der Waals surface area contributed by atoms with E-state index >= 15 is 0 Å². The maximum atomic E-state index is 12.5. The maximum Gasteiger partial charge on any atom is 0.272 e. The first-order valence-electron chi connectivity index (χ1n) is 8.62. The molecule has 1 aliphatic rings. The van der Waals surface area contributed by atoms with Gasteiger partial charge in [-0.2, -0.15) is 5.10 Å². The van der Waals surface area contributed by atoms with Gasteiger partial charge < -0.3 is 10.2 Å². The molecule has 3 aromatic rings. The number of benzene rings is 1. The van der Waals surface area contributed by atoms with Crippen LogP contribution in [0, 0.1) is 6.92 Å². The Morgan fingerprint density at radius 3 is 3.00 bits per heavy atom. The van der Waals surface area contributed by atoms with Crippen LogP contribution in [0.3, 0.4) is 0 Å². The fraction of sp³-hybridized carbons (Fsp3) is 0.389. The summed E-state index contributed by atoms with van der Waals surface area (Å²) in [5, 5.41) is 9.08. The van der Waals surface area contributed by atoms with Crippen molar-refractivity contribution in [1.82, 2.24) is 20.1 Å². The van der Waals surface area contributed by atoms with Crippen LogP contribution in [0.5, 0.6) is 0 Å². The van der Waals surface area contributed by atoms with Gasteiger partial charge in [0.05, 0.1) is 10.2 Å². The molecule has 1 unspecified atom stereocenters. The van der Waals surface area contributed by atoms with E-state index in [0.717, 1.165) is 52.0 Å². The number of amides is 1. The summed E-state index contributed by atoms with van der Waals surface area (Å²) < 4.78 is 2.80. The van der Waals surface area contributed by atoms with Crippen LogP contribution in [-0.4, -0.2) is 39.8 Å². The number of fused-ring (bicyclic) bond motifs is 1. The van der Waals surface area contributed by atoms with Crippen molar-refractivity contribution < 1.29 is 4.79 Å². The zero-order valence-electron chi connectivity index (χ0n) is 14.7. The van der Waals surface area contributed by atoms with Crippen LogP contribution in [-0.2, 0) is 7.05 Å². The van der Waals surface area contributed by atoms with Crippen LogP contribution in [0.15, 0.2) is 24.3 Å². The lowest BCUT2D eigenvalue weighted by Crippen LogP contribution is -2.47. The zero-order chi connectivity index (χ0) is 18.3. The maximum absolute atomic E-state index is 12.5. The largest absolute Gasteiger partial charge is 0.346 e. The van der Waals surface area contributed by atoms with Gasteiger partial charge in [-0.25, -0.2) is 4.98 Å². The third-order valence-corrected chi connectivity index (χ3v) is 6.03. The Balaban J connectivity index is 1.47. The topological polar surface area (TPSA) is 63.1 Å². The van der Waals surface area contributed by atoms with Crippen molar-refractivity contribution in [3.63, 3.8) is 0 Å². The lowest BCUT2D eigenvalue weighted by Gasteiger charge is -2.32. The van der Waals surface area contributed by atoms with Crippen molar-refractivity contribution in [1.29, 1.82) is 0 Å². The highest BCUT2D eigenvalue weighted by Crippen LogP contribution is 2.32. The Labute approximate surface area is 160 Å². The number of rotatable bonds is 3. The lowest BCUT2D eigenvalue weighted by molar-refractivity contribution is 0.0927. The Bertz CT molecular complexity index is 946. The van der Waals surface area contributed by atoms with E-state index in [2.05, 4.69) is 15.3 Å². The van der Waals surface area contributed by atoms with E-state index in [0.29, 0.717) is 5.69 Å². The molecular weight excluding hydrogens is 370 g/mol. The van der Waals surface area contributed by atoms with Crippen molar-refractivity contribution in [2.45, 2.75) is 25.8 Å². The Morgan fingerprint density at radius 1 is 1.38 bits per heavy atom. The molecule has 4 rings (SSSR count). The summed E-state index contributed by atoms with van der Waals surface area (Å²) >= 11 is 7.72. The summed E-state index contributed by atoms with van der Waals surface area (Å²) in [5.74, 6) is -0.114. The molecule has 0 bridgehead atoms. The van der Waals surface area contributed by atoms with Crippen LogP contribution in [0.2, 0.25) is 5.02 Å². The second-order valence-electron chi connectivity index (χ2n) is 6.66. The van der Waals surface area contributed by atoms with Gasteiger partial charge in [0.2, 0.25) is 0 Å². The fourth-order valence-corrected chi connectivity index (χ4v) is 4.50. The minimum atomic E-state index is -0.114. The number of carbonyl (C=O) groups is 1. The molecule has 136 valence electrons. The predicted molar refractivity (Wildman–Crippen MR) is 105 cm³/mol. The Hall–Kier alpha value is -2.12. The third-order valence-electron chi connectivity index (χ3n) is 4.71. The molecular formula is C18H20ClN5OS. The number of nitrogens with one attached hydrogen (secondary N) is 1. The molecule has 1 N–H and O–H groups in total. The quantitative estimate of drug-likeness (QED) is 0.745. The molecule has 1 saturated heterocycles. The smallest absolute Gasteiger partial charge is 0.272 e. The van der Waals surface area contributed by atoms with Crippen LogP contribution in [0.4, 0.5) is 5.13 Å². The summed E-state index contributed by atoms with van der Waals surface area (Å²) in [6.07, 6.45) is 1.98. The predicted octanol–water partition coefficient (Wildman–Crippen LogP) is 3.39. The summed E-state index contributed by atoms with van der Waals surface area (Å²) in [4.78, 5) is 19.4. The first-order chi connectivity index (χ1) is 12.5. The van der Waals surface area contributed by atoms with Gasteiger partial charge in [0.25, 0.3) is 5.91 Å². The van der Waals surface area contributed by atoms with Crippen LogP contribution < -0.4 is 10.2 Å². The molecule has 6 nitrogen and oxygen atoms in total. The molecule has 1 atom stereocenters. The van der Waals surface area contributed by atoms with Crippen molar-refractivity contribution >= 4 is 44.2 Å². The van der Waals surface area contributed by atoms with E-state index in [-0.39, 0.29) is 11.9 Å². The second kappa shape index (κ2) is 6.89. The van der Waals surface area contributed by atoms with E-state index in [9.17, 15) is 4.79 Å². The number of nitrogens with zero attached hydrogens (tertiary/aromatic N) is 4. The van der Waals surface area contributed by atoms with Crippen molar-refractivity contribution in [3.8, 4) is 0 Å². The molecule has 8 heteroatoms. The third kappa shape index (κ3) is 3.41. The van der Waals surface area contributed by atoms with E-state index in [1.54, 1.807) is 16.0 Å². The average molecular weight is 390 g/mol. The molecule has 0 radical (unpaired) electrons. The SMILES string of the molecule is Cc1cc(C(=O)NC2CCCN(c3nc4ccc(Cl)cc4s3)C2)nn1C. The summed E-state index contributed by atoms with van der Waals surface area (Å²) in [6.45, 7) is 3.64. The van der Waals surface area contributed by atoms with Crippen LogP contribution >= 0.6 is 22.9 Å². The van der Waals surface area contributed by atoms with E-state index in [4.69, 9.17) is 16.6 Å². The van der Waals surface area contributed by atoms with E-state index in [1.807, 2.05) is 38.2 Å². The number of aryl methyl sites for hydroxylation is 2. The van der Waals surface area contributed by atoms with Crippen LogP contribution in [0.1, 0.15) is 29.0 Å². The van der Waals surface area contributed by atoms with Gasteiger partial charge in [0.15, 0.2) is 5.13 Å². The van der Waals surface area contributed by atoms with Gasteiger partial charge in [-0.1, -0.05) is 22.9 Å². The summed E-state index contributed by atoms with van der Waals surface area (Å²) in [7, 11) is 1.84. The molecule has 2 aromatic heterocycles. The normalized spacial score (nSPS) is 17.7. The fourth-order valence-electron chi connectivity index (χ4n) is 3.22. The molecule has 1 fully saturated rings. The minimum absolute atomic E-state index is 0.0918. The van der Waals surface area contributed by atoms with Gasteiger partial charge in [0.1, 0.15) is 5.69 Å². The summed E-state index contributed by atoms with van der Waals surface area (Å²) in [6, 6.07) is 7.66. The number of carbonyl (C=O) groups excluding carboxylic acids is 1. The number of piperidine rings is 1. The number of anilines is 1. The standard InChI is InChI=1S/C18H20ClN5OS/c1-11-8-15(22-23(11)2)17(25)20-13-4-3-7-24(10-13)18-21-14-6-5-12(19)9-16(14)26-18/h5-6,8-9,13H,3-4,7,10H2,1-2H3,(H,20,25). The van der Waals surface area contributed by atoms with E-state index < -0.39 is 0 Å². The molecule has 3 heterocycles. The van der Waals surface area contributed by atoms with Crippen LogP contribution in [0.25, 0.3) is 10.2 Å². The Kier molecular flexibility index (Phi) is 4.58. The molecule has 1 aromatic carbocycles. The van der Waals surface area contributed by atoms with Gasteiger partial charge in [-0.05, 0) is 44.0 Å². The number of hydrogen-bond donors (Lipinski definition) is 1. The number of aromatic nitrogens is 3. The molecule has 26 heavy (non-hydrogen) atoms. The van der Waals surface area contributed by atoms with E-state index in [1.165, 1.54) is 0 Å². The van der Waals surface area contributed by atoms with Gasteiger partial charge in [-0.3, -0.25) is 9.48 Å². The molecule has 1 amide bonds. The number of hydrogen-bond acceptors (Lipinski definition) is 5. The first-order valence-corrected chi connectivity index (χ1v) is 9.81. The highest BCUT2D eigenvalue weighted by atomic mass is 35.5. The van der Waals surface area contributed by atoms with Crippen molar-refractivity contribution in [2.75, 3.05) is 18.0 Å². The van der Waals surface area contributed by atoms with Gasteiger partial charge in [-0.15, -0.1) is 0 Å². The van der Waals surface area contributed by atoms with Crippen molar-refractivity contribution in [2.24, 2.45) is 7.05 Å². The number of thiazole rings is 1. The molecule has 0 saturated carbocycles. The van der Waals surface area contributed by atoms with Gasteiger partial charge >= 0.3 is 0 Å². The highest BCUT2D eigenvalue weighted by molar-refractivity contribution is 7.22. The monoisotopic (exact) mass is 389 g/mol. The number of halogens is 1. The minimum Gasteiger partial charge on any atom is -0.346 e. The Morgan fingerprint density at radius 2 is 2.23 bits per heavy atom. The second-order valence-corrected chi connectivity index (χ2v) is 8.11. The molecule has 0 spiro atoms. The average Bonchev–Trinajstić information content (AvgIpc) is 3.18. The lowest BCUT2D eigenvalue weighted by atomic mass is 10.1. The first kappa shape index (κ1) is 17.3. The zero-order valence-corrected chi connectivity index (χ0v) is 16.3. The van der Waals surface area contributed by atoms with Crippen molar-refractivity contribution in [3.05, 3.63) is 40.7 Å². The summed E-state index contributed by atoms with van der Waals surface area (Å²) in [5.41, 5.74) is 2.40.